The number of anilines is 1. The summed E-state index contributed by atoms with van der Waals surface area (Å²) < 4.78 is 21.1. The second kappa shape index (κ2) is 7.79. The number of amides is 1. The van der Waals surface area contributed by atoms with E-state index in [-0.39, 0.29) is 34.9 Å². The van der Waals surface area contributed by atoms with Gasteiger partial charge in [-0.2, -0.15) is 0 Å². The second-order valence-corrected chi connectivity index (χ2v) is 6.34. The first kappa shape index (κ1) is 19.5. The van der Waals surface area contributed by atoms with Gasteiger partial charge in [0.2, 0.25) is 11.3 Å². The van der Waals surface area contributed by atoms with Gasteiger partial charge < -0.3 is 19.1 Å². The zero-order valence-electron chi connectivity index (χ0n) is 15.8. The third-order valence-corrected chi connectivity index (χ3v) is 4.66. The zero-order chi connectivity index (χ0) is 20.4. The molecule has 8 nitrogen and oxygen atoms in total. The molecule has 0 N–H and O–H groups in total. The van der Waals surface area contributed by atoms with Gasteiger partial charge in [-0.3, -0.25) is 9.59 Å². The molecule has 0 unspecified atom stereocenters. The molecule has 3 heterocycles. The standard InChI is InChI=1S/C19H21FN4O4/c1-4-22-11-14(19(27)28-5-2)16(26)13-10-15(20)18(21-17(13)22)24-8-6-23(7-9-24)12(3)25/h4,10-11H,1,5-9H2,2-3H3. The minimum Gasteiger partial charge on any atom is -0.462 e. The van der Waals surface area contributed by atoms with E-state index in [1.165, 1.54) is 23.9 Å². The van der Waals surface area contributed by atoms with E-state index in [0.717, 1.165) is 6.07 Å². The van der Waals surface area contributed by atoms with Crippen molar-refractivity contribution in [1.29, 1.82) is 0 Å². The first-order valence-electron chi connectivity index (χ1n) is 8.92. The predicted molar refractivity (Wildman–Crippen MR) is 103 cm³/mol. The van der Waals surface area contributed by atoms with Crippen LogP contribution in [-0.4, -0.2) is 59.1 Å². The molecule has 0 spiro atoms. The summed E-state index contributed by atoms with van der Waals surface area (Å²) in [4.78, 5) is 43.9. The molecule has 1 aliphatic rings. The average Bonchev–Trinajstić information content (AvgIpc) is 2.68. The Kier molecular flexibility index (Phi) is 5.43. The lowest BCUT2D eigenvalue weighted by Gasteiger charge is -2.35. The van der Waals surface area contributed by atoms with Crippen LogP contribution in [-0.2, 0) is 9.53 Å². The molecule has 0 aliphatic carbocycles. The molecular formula is C19H21FN4O4. The maximum atomic E-state index is 14.8. The van der Waals surface area contributed by atoms with Crippen molar-refractivity contribution in [3.05, 3.63) is 40.4 Å². The van der Waals surface area contributed by atoms with Gasteiger partial charge in [0.25, 0.3) is 0 Å². The number of hydrogen-bond donors (Lipinski definition) is 0. The molecule has 0 radical (unpaired) electrons. The van der Waals surface area contributed by atoms with Crippen molar-refractivity contribution in [2.75, 3.05) is 37.7 Å². The number of nitrogens with zero attached hydrogens (tertiary/aromatic N) is 4. The lowest BCUT2D eigenvalue weighted by molar-refractivity contribution is -0.129. The summed E-state index contributed by atoms with van der Waals surface area (Å²) in [5.74, 6) is -1.39. The van der Waals surface area contributed by atoms with E-state index < -0.39 is 17.2 Å². The van der Waals surface area contributed by atoms with Crippen molar-refractivity contribution >= 4 is 34.9 Å². The highest BCUT2D eigenvalue weighted by Gasteiger charge is 2.24. The van der Waals surface area contributed by atoms with E-state index >= 15 is 0 Å². The molecule has 2 aromatic heterocycles. The minimum atomic E-state index is -0.783. The number of halogens is 1. The van der Waals surface area contributed by atoms with Gasteiger partial charge in [-0.15, -0.1) is 0 Å². The molecule has 1 fully saturated rings. The number of esters is 1. The van der Waals surface area contributed by atoms with Gasteiger partial charge in [0.15, 0.2) is 17.3 Å². The Morgan fingerprint density at radius 3 is 2.57 bits per heavy atom. The monoisotopic (exact) mass is 388 g/mol. The smallest absolute Gasteiger partial charge is 0.343 e. The van der Waals surface area contributed by atoms with E-state index in [4.69, 9.17) is 4.74 Å². The average molecular weight is 388 g/mol. The maximum Gasteiger partial charge on any atom is 0.343 e. The summed E-state index contributed by atoms with van der Waals surface area (Å²) in [6.07, 6.45) is 2.67. The van der Waals surface area contributed by atoms with Crippen LogP contribution in [0.3, 0.4) is 0 Å². The van der Waals surface area contributed by atoms with Crippen LogP contribution in [0.5, 0.6) is 0 Å². The van der Waals surface area contributed by atoms with Crippen LogP contribution in [0.25, 0.3) is 17.2 Å². The highest BCUT2D eigenvalue weighted by Crippen LogP contribution is 2.23. The lowest BCUT2D eigenvalue weighted by atomic mass is 10.2. The summed E-state index contributed by atoms with van der Waals surface area (Å²) in [6.45, 7) is 8.68. The van der Waals surface area contributed by atoms with E-state index in [1.807, 2.05) is 0 Å². The fourth-order valence-corrected chi connectivity index (χ4v) is 3.19. The van der Waals surface area contributed by atoms with Crippen molar-refractivity contribution < 1.29 is 18.7 Å². The SMILES string of the molecule is C=Cn1cc(C(=O)OCC)c(=O)c2cc(F)c(N3CCN(C(C)=O)CC3)nc21. The van der Waals surface area contributed by atoms with Crippen LogP contribution in [0.1, 0.15) is 24.2 Å². The maximum absolute atomic E-state index is 14.8. The van der Waals surface area contributed by atoms with Gasteiger partial charge in [-0.1, -0.05) is 6.58 Å². The number of piperazine rings is 1. The van der Waals surface area contributed by atoms with Crippen molar-refractivity contribution in [2.24, 2.45) is 0 Å². The zero-order valence-corrected chi connectivity index (χ0v) is 15.8. The number of rotatable bonds is 4. The van der Waals surface area contributed by atoms with Gasteiger partial charge in [0, 0.05) is 45.5 Å². The first-order valence-corrected chi connectivity index (χ1v) is 8.92. The molecule has 9 heteroatoms. The molecule has 0 saturated carbocycles. The predicted octanol–water partition coefficient (Wildman–Crippen LogP) is 1.48. The Morgan fingerprint density at radius 1 is 1.32 bits per heavy atom. The minimum absolute atomic E-state index is 0.0291. The van der Waals surface area contributed by atoms with Gasteiger partial charge in [0.1, 0.15) is 5.56 Å². The second-order valence-electron chi connectivity index (χ2n) is 6.34. The molecule has 0 bridgehead atoms. The van der Waals surface area contributed by atoms with Gasteiger partial charge in [-0.05, 0) is 13.0 Å². The molecule has 0 aromatic carbocycles. The summed E-state index contributed by atoms with van der Waals surface area (Å²) in [5, 5.41) is -0.0333. The largest absolute Gasteiger partial charge is 0.462 e. The number of hydrogen-bond acceptors (Lipinski definition) is 6. The first-order chi connectivity index (χ1) is 13.4. The number of carbonyl (C=O) groups excluding carboxylic acids is 2. The molecule has 1 amide bonds. The molecule has 148 valence electrons. The molecule has 28 heavy (non-hydrogen) atoms. The number of carbonyl (C=O) groups is 2. The summed E-state index contributed by atoms with van der Waals surface area (Å²) in [5.41, 5.74) is -0.664. The van der Waals surface area contributed by atoms with Crippen molar-refractivity contribution in [3.63, 3.8) is 0 Å². The normalized spacial score (nSPS) is 14.2. The van der Waals surface area contributed by atoms with Crippen LogP contribution in [0, 0.1) is 5.82 Å². The summed E-state index contributed by atoms with van der Waals surface area (Å²) in [6, 6.07) is 1.08. The number of pyridine rings is 2. The van der Waals surface area contributed by atoms with Gasteiger partial charge in [0.05, 0.1) is 12.0 Å². The molecule has 1 saturated heterocycles. The van der Waals surface area contributed by atoms with E-state index in [2.05, 4.69) is 11.6 Å². The van der Waals surface area contributed by atoms with Crippen LogP contribution in [0.15, 0.2) is 23.6 Å². The quantitative estimate of drug-likeness (QED) is 0.738. The number of aromatic nitrogens is 2. The van der Waals surface area contributed by atoms with Crippen LogP contribution < -0.4 is 10.3 Å². The molecule has 2 aromatic rings. The Morgan fingerprint density at radius 2 is 2.00 bits per heavy atom. The van der Waals surface area contributed by atoms with E-state index in [9.17, 15) is 18.8 Å². The lowest BCUT2D eigenvalue weighted by Crippen LogP contribution is -2.48. The number of fused-ring (bicyclic) bond motifs is 1. The van der Waals surface area contributed by atoms with Crippen molar-refractivity contribution in [3.8, 4) is 0 Å². The van der Waals surface area contributed by atoms with E-state index in [1.54, 1.807) is 16.7 Å². The summed E-state index contributed by atoms with van der Waals surface area (Å²) in [7, 11) is 0. The molecule has 1 aliphatic heterocycles. The highest BCUT2D eigenvalue weighted by molar-refractivity contribution is 5.93. The Bertz CT molecular complexity index is 1010. The Hall–Kier alpha value is -3.23. The summed E-state index contributed by atoms with van der Waals surface area (Å²) >= 11 is 0. The molecule has 0 atom stereocenters. The molecular weight excluding hydrogens is 367 g/mol. The molecule has 3 rings (SSSR count). The topological polar surface area (TPSA) is 84.7 Å². The van der Waals surface area contributed by atoms with Crippen LogP contribution >= 0.6 is 0 Å². The van der Waals surface area contributed by atoms with Crippen LogP contribution in [0.2, 0.25) is 0 Å². The van der Waals surface area contributed by atoms with Crippen molar-refractivity contribution in [2.45, 2.75) is 13.8 Å². The Labute approximate surface area is 160 Å². The third-order valence-electron chi connectivity index (χ3n) is 4.66. The van der Waals surface area contributed by atoms with Crippen molar-refractivity contribution in [1.82, 2.24) is 14.5 Å². The van der Waals surface area contributed by atoms with Gasteiger partial charge >= 0.3 is 5.97 Å². The van der Waals surface area contributed by atoms with Gasteiger partial charge in [-0.25, -0.2) is 14.2 Å². The number of ether oxygens (including phenoxy) is 1. The fourth-order valence-electron chi connectivity index (χ4n) is 3.19. The van der Waals surface area contributed by atoms with E-state index in [0.29, 0.717) is 26.2 Å². The highest BCUT2D eigenvalue weighted by atomic mass is 19.1. The Balaban J connectivity index is 2.07. The van der Waals surface area contributed by atoms with Crippen LogP contribution in [0.4, 0.5) is 10.2 Å². The third kappa shape index (κ3) is 3.47. The fraction of sp³-hybridized carbons (Fsp3) is 0.368.